The molecular formula is C26H35F2N3O7S2. The normalized spacial score (nSPS) is 16.1. The molecule has 0 fully saturated rings. The Labute approximate surface area is 236 Å². The van der Waals surface area contributed by atoms with Crippen LogP contribution in [0, 0.1) is 0 Å². The van der Waals surface area contributed by atoms with Crippen LogP contribution in [0.25, 0.3) is 0 Å². The number of halogens is 2. The average Bonchev–Trinajstić information content (AvgIpc) is 3.35. The molecule has 2 amide bonds. The Morgan fingerprint density at radius 3 is 2.30 bits per heavy atom. The third-order valence-electron chi connectivity index (χ3n) is 5.54. The van der Waals surface area contributed by atoms with Gasteiger partial charge in [-0.3, -0.25) is 4.79 Å². The van der Waals surface area contributed by atoms with Gasteiger partial charge in [-0.25, -0.2) is 18.7 Å². The number of hydrogen-bond donors (Lipinski definition) is 2. The number of nitrogens with zero attached hydrogens (tertiary/aromatic N) is 2. The number of thiazole rings is 1. The first-order valence-corrected chi connectivity index (χ1v) is 14.9. The minimum atomic E-state index is -3.97. The van der Waals surface area contributed by atoms with E-state index in [0.717, 1.165) is 17.5 Å². The van der Waals surface area contributed by atoms with Gasteiger partial charge in [0.1, 0.15) is 20.4 Å². The molecule has 2 aromatic rings. The van der Waals surface area contributed by atoms with Crippen LogP contribution in [0.5, 0.6) is 11.5 Å². The van der Waals surface area contributed by atoms with Gasteiger partial charge in [-0.05, 0) is 63.6 Å². The fourth-order valence-electron chi connectivity index (χ4n) is 4.02. The molecule has 14 heteroatoms. The van der Waals surface area contributed by atoms with Crippen molar-refractivity contribution in [3.8, 4) is 11.5 Å². The molecule has 0 saturated heterocycles. The van der Waals surface area contributed by atoms with Crippen LogP contribution in [-0.2, 0) is 31.5 Å². The van der Waals surface area contributed by atoms with Gasteiger partial charge >= 0.3 is 12.4 Å². The standard InChI is InChI=1S/C26H35F2N3O7S2/c1-13(2)15-10-17-21(37-26(27,28)36-17)20(14(3)4)16(15)11-18(32)30-40(35,31-23(33)38-24(5,6)7)19-12-29-22(39-19)25(8,9)34/h10,12-14,34H,11H2,1-9H3,(H,30,31,32,33,35). The summed E-state index contributed by atoms with van der Waals surface area (Å²) in [6, 6.07) is 1.41. The van der Waals surface area contributed by atoms with Crippen molar-refractivity contribution in [1.82, 2.24) is 9.71 Å². The molecule has 10 nitrogen and oxygen atoms in total. The van der Waals surface area contributed by atoms with E-state index in [0.29, 0.717) is 16.7 Å². The highest BCUT2D eigenvalue weighted by Crippen LogP contribution is 2.49. The molecule has 1 aliphatic heterocycles. The first-order chi connectivity index (χ1) is 18.1. The van der Waals surface area contributed by atoms with Crippen molar-refractivity contribution >= 4 is 33.3 Å². The van der Waals surface area contributed by atoms with Gasteiger partial charge < -0.3 is 19.3 Å². The van der Waals surface area contributed by atoms with Gasteiger partial charge in [0.25, 0.3) is 5.91 Å². The van der Waals surface area contributed by atoms with E-state index in [1.807, 2.05) is 13.8 Å². The van der Waals surface area contributed by atoms with Crippen LogP contribution in [0.1, 0.15) is 95.8 Å². The number of fused-ring (bicyclic) bond motifs is 1. The summed E-state index contributed by atoms with van der Waals surface area (Å²) in [5, 5.41) is 10.5. The van der Waals surface area contributed by atoms with Crippen molar-refractivity contribution in [2.75, 3.05) is 0 Å². The number of amides is 2. The van der Waals surface area contributed by atoms with E-state index in [1.165, 1.54) is 19.9 Å². The molecule has 3 rings (SSSR count). The molecule has 0 radical (unpaired) electrons. The molecule has 0 spiro atoms. The Kier molecular flexibility index (Phi) is 8.60. The summed E-state index contributed by atoms with van der Waals surface area (Å²) in [5.41, 5.74) is -1.03. The fourth-order valence-corrected chi connectivity index (χ4v) is 6.65. The molecule has 222 valence electrons. The summed E-state index contributed by atoms with van der Waals surface area (Å²) in [6.07, 6.45) is -4.20. The molecule has 1 aliphatic rings. The summed E-state index contributed by atoms with van der Waals surface area (Å²) >= 11 is 0.814. The van der Waals surface area contributed by atoms with Gasteiger partial charge in [-0.15, -0.1) is 24.5 Å². The summed E-state index contributed by atoms with van der Waals surface area (Å²) in [6.45, 7) is 15.0. The van der Waals surface area contributed by atoms with Crippen LogP contribution in [0.15, 0.2) is 20.8 Å². The molecule has 40 heavy (non-hydrogen) atoms. The van der Waals surface area contributed by atoms with Crippen LogP contribution in [0.2, 0.25) is 0 Å². The van der Waals surface area contributed by atoms with Crippen LogP contribution in [-0.4, -0.2) is 38.2 Å². The van der Waals surface area contributed by atoms with E-state index in [4.69, 9.17) is 14.2 Å². The zero-order valence-corrected chi connectivity index (χ0v) is 25.5. The third kappa shape index (κ3) is 7.26. The third-order valence-corrected chi connectivity index (χ3v) is 9.12. The maximum atomic E-state index is 14.1. The van der Waals surface area contributed by atoms with Gasteiger partial charge in [0.2, 0.25) is 0 Å². The first kappa shape index (κ1) is 31.7. The summed E-state index contributed by atoms with van der Waals surface area (Å²) < 4.78 is 62.8. The largest absolute Gasteiger partial charge is 0.586 e. The number of hydrogen-bond acceptors (Lipinski definition) is 9. The highest BCUT2D eigenvalue weighted by Gasteiger charge is 2.46. The Morgan fingerprint density at radius 2 is 1.80 bits per heavy atom. The Morgan fingerprint density at radius 1 is 1.18 bits per heavy atom. The quantitative estimate of drug-likeness (QED) is 0.395. The zero-order chi connectivity index (χ0) is 30.4. The lowest BCUT2D eigenvalue weighted by Crippen LogP contribution is -2.36. The zero-order valence-electron chi connectivity index (χ0n) is 23.9. The summed E-state index contributed by atoms with van der Waals surface area (Å²) in [7, 11) is -3.97. The van der Waals surface area contributed by atoms with Crippen LogP contribution < -0.4 is 14.2 Å². The second-order valence-electron chi connectivity index (χ2n) is 11.5. The van der Waals surface area contributed by atoms with E-state index in [1.54, 1.807) is 34.6 Å². The van der Waals surface area contributed by atoms with Crippen LogP contribution >= 0.6 is 11.3 Å². The van der Waals surface area contributed by atoms with Crippen LogP contribution in [0.4, 0.5) is 13.6 Å². The predicted molar refractivity (Wildman–Crippen MR) is 145 cm³/mol. The first-order valence-electron chi connectivity index (χ1n) is 12.6. The summed E-state index contributed by atoms with van der Waals surface area (Å²) in [4.78, 5) is 30.1. The van der Waals surface area contributed by atoms with Crippen molar-refractivity contribution in [2.45, 2.75) is 102 Å². The number of rotatable bonds is 7. The van der Waals surface area contributed by atoms with Gasteiger partial charge in [0.15, 0.2) is 21.4 Å². The van der Waals surface area contributed by atoms with E-state index >= 15 is 0 Å². The van der Waals surface area contributed by atoms with E-state index in [2.05, 4.69) is 14.1 Å². The van der Waals surface area contributed by atoms with E-state index in [9.17, 15) is 27.7 Å². The van der Waals surface area contributed by atoms with Crippen molar-refractivity contribution in [3.05, 3.63) is 34.0 Å². The van der Waals surface area contributed by atoms with Crippen molar-refractivity contribution in [3.63, 3.8) is 0 Å². The van der Waals surface area contributed by atoms with Gasteiger partial charge in [0.05, 0.1) is 12.6 Å². The number of ether oxygens (including phenoxy) is 3. The lowest BCUT2D eigenvalue weighted by molar-refractivity contribution is -0.287. The Balaban J connectivity index is 2.13. The molecular weight excluding hydrogens is 568 g/mol. The Hall–Kier alpha value is -2.84. The molecule has 1 unspecified atom stereocenters. The maximum Gasteiger partial charge on any atom is 0.586 e. The highest BCUT2D eigenvalue weighted by atomic mass is 32.2. The lowest BCUT2D eigenvalue weighted by Gasteiger charge is -2.21. The van der Waals surface area contributed by atoms with Gasteiger partial charge in [-0.1, -0.05) is 27.7 Å². The molecule has 2 N–H and O–H groups in total. The van der Waals surface area contributed by atoms with E-state index in [-0.39, 0.29) is 32.6 Å². The van der Waals surface area contributed by atoms with Crippen molar-refractivity contribution in [2.24, 2.45) is 4.36 Å². The second-order valence-corrected chi connectivity index (χ2v) is 14.7. The summed E-state index contributed by atoms with van der Waals surface area (Å²) in [5.74, 6) is -1.76. The SMILES string of the molecule is CC(C)c1cc2c(c(C(C)C)c1CC(=O)N=S(=O)(NC(=O)OC(C)(C)C)c1cnc(C(C)(C)O)s1)OC(F)(F)O2. The monoisotopic (exact) mass is 603 g/mol. The number of benzene rings is 1. The number of alkyl halides is 2. The smallest absolute Gasteiger partial charge is 0.443 e. The fraction of sp³-hybridized carbons (Fsp3) is 0.577. The highest BCUT2D eigenvalue weighted by molar-refractivity contribution is 7.94. The minimum absolute atomic E-state index is 0.0812. The Bertz CT molecular complexity index is 1430. The van der Waals surface area contributed by atoms with Gasteiger partial charge in [-0.2, -0.15) is 0 Å². The number of carbonyl (C=O) groups is 2. The minimum Gasteiger partial charge on any atom is -0.443 e. The topological polar surface area (TPSA) is 136 Å². The number of nitrogens with one attached hydrogen (secondary N) is 1. The van der Waals surface area contributed by atoms with Gasteiger partial charge in [0, 0.05) is 5.56 Å². The number of aromatic nitrogens is 1. The molecule has 1 atom stereocenters. The van der Waals surface area contributed by atoms with Crippen molar-refractivity contribution < 1.29 is 41.9 Å². The van der Waals surface area contributed by atoms with Crippen molar-refractivity contribution in [1.29, 1.82) is 0 Å². The molecule has 0 bridgehead atoms. The predicted octanol–water partition coefficient (Wildman–Crippen LogP) is 5.97. The number of carbonyl (C=O) groups excluding carboxylic acids is 2. The maximum absolute atomic E-state index is 14.1. The van der Waals surface area contributed by atoms with Crippen LogP contribution in [0.3, 0.4) is 0 Å². The average molecular weight is 604 g/mol. The molecule has 1 aromatic heterocycles. The molecule has 0 saturated carbocycles. The second kappa shape index (κ2) is 10.9. The molecule has 0 aliphatic carbocycles. The number of aliphatic hydroxyl groups is 1. The lowest BCUT2D eigenvalue weighted by atomic mass is 9.86. The van der Waals surface area contributed by atoms with E-state index < -0.39 is 45.8 Å². The molecule has 1 aromatic carbocycles. The molecule has 2 heterocycles.